The minimum Gasteiger partial charge on any atom is -0.481 e. The number of carboxylic acid groups (broad SMARTS) is 1. The molecule has 3 atom stereocenters. The second kappa shape index (κ2) is 5.78. The minimum absolute atomic E-state index is 0.347. The molecule has 3 rings (SSSR count). The zero-order valence-electron chi connectivity index (χ0n) is 11.6. The van der Waals surface area contributed by atoms with E-state index in [9.17, 15) is 4.79 Å². The topological polar surface area (TPSA) is 40.5 Å². The van der Waals surface area contributed by atoms with Crippen molar-refractivity contribution < 1.29 is 9.90 Å². The number of rotatable bonds is 4. The highest BCUT2D eigenvalue weighted by atomic mass is 79.9. The average Bonchev–Trinajstić information content (AvgIpc) is 2.91. The molecule has 110 valence electrons. The first kappa shape index (κ1) is 14.5. The van der Waals surface area contributed by atoms with Gasteiger partial charge < -0.3 is 5.11 Å². The van der Waals surface area contributed by atoms with Gasteiger partial charge in [0.2, 0.25) is 0 Å². The molecule has 3 heterocycles. The fourth-order valence-corrected chi connectivity index (χ4v) is 5.58. The molecular weight excluding hydrogens is 338 g/mol. The molecule has 1 aromatic heterocycles. The normalized spacial score (nSPS) is 31.4. The molecule has 2 fully saturated rings. The van der Waals surface area contributed by atoms with Crippen LogP contribution in [0.3, 0.4) is 0 Å². The molecule has 3 unspecified atom stereocenters. The van der Waals surface area contributed by atoms with Gasteiger partial charge in [0.05, 0.1) is 0 Å². The maximum Gasteiger partial charge on any atom is 0.303 e. The van der Waals surface area contributed by atoms with Crippen LogP contribution in [0.2, 0.25) is 0 Å². The van der Waals surface area contributed by atoms with Gasteiger partial charge >= 0.3 is 5.97 Å². The van der Waals surface area contributed by atoms with Crippen molar-refractivity contribution in [2.45, 2.75) is 57.2 Å². The molecule has 0 aliphatic carbocycles. The van der Waals surface area contributed by atoms with Crippen LogP contribution in [0.4, 0.5) is 0 Å². The van der Waals surface area contributed by atoms with Gasteiger partial charge in [-0.25, -0.2) is 0 Å². The van der Waals surface area contributed by atoms with E-state index in [1.54, 1.807) is 0 Å². The van der Waals surface area contributed by atoms with Crippen LogP contribution in [0, 0.1) is 5.92 Å². The van der Waals surface area contributed by atoms with Gasteiger partial charge in [-0.3, -0.25) is 9.69 Å². The Morgan fingerprint density at radius 3 is 2.65 bits per heavy atom. The van der Waals surface area contributed by atoms with Crippen LogP contribution in [-0.4, -0.2) is 28.1 Å². The minimum atomic E-state index is -0.641. The first-order chi connectivity index (χ1) is 9.54. The van der Waals surface area contributed by atoms with Gasteiger partial charge in [-0.2, -0.15) is 0 Å². The van der Waals surface area contributed by atoms with Crippen LogP contribution in [0.5, 0.6) is 0 Å². The van der Waals surface area contributed by atoms with E-state index in [0.717, 1.165) is 17.3 Å². The molecule has 2 saturated heterocycles. The first-order valence-electron chi connectivity index (χ1n) is 7.27. The Kier molecular flexibility index (Phi) is 4.20. The van der Waals surface area contributed by atoms with E-state index in [4.69, 9.17) is 5.11 Å². The van der Waals surface area contributed by atoms with E-state index in [2.05, 4.69) is 39.2 Å². The Labute approximate surface area is 132 Å². The second-order valence-corrected chi connectivity index (χ2v) is 7.97. The first-order valence-corrected chi connectivity index (χ1v) is 8.95. The van der Waals surface area contributed by atoms with Crippen molar-refractivity contribution in [3.63, 3.8) is 0 Å². The van der Waals surface area contributed by atoms with E-state index in [1.807, 2.05) is 11.3 Å². The van der Waals surface area contributed by atoms with Crippen LogP contribution in [0.25, 0.3) is 0 Å². The predicted molar refractivity (Wildman–Crippen MR) is 84.1 cm³/mol. The molecule has 0 spiro atoms. The number of hydrogen-bond acceptors (Lipinski definition) is 3. The van der Waals surface area contributed by atoms with Gasteiger partial charge in [0, 0.05) is 39.3 Å². The number of hydrogen-bond donors (Lipinski definition) is 1. The molecule has 0 aromatic carbocycles. The van der Waals surface area contributed by atoms with Gasteiger partial charge in [-0.15, -0.1) is 11.3 Å². The maximum absolute atomic E-state index is 10.9. The molecular formula is C15H20BrNO2S. The largest absolute Gasteiger partial charge is 0.481 e. The third-order valence-corrected chi connectivity index (χ3v) is 6.66. The number of halogens is 1. The van der Waals surface area contributed by atoms with Crippen molar-refractivity contribution in [2.24, 2.45) is 5.92 Å². The quantitative estimate of drug-likeness (QED) is 0.873. The Bertz CT molecular complexity index is 490. The molecule has 0 radical (unpaired) electrons. The molecule has 2 aliphatic rings. The number of thiophene rings is 1. The summed E-state index contributed by atoms with van der Waals surface area (Å²) in [5.41, 5.74) is 0. The SMILES string of the molecule is CC(c1cc(Br)cs1)N1C2CCC1CC(CC(=O)O)C2. The number of carboxylic acids is 1. The van der Waals surface area contributed by atoms with Crippen LogP contribution in [0.15, 0.2) is 15.9 Å². The van der Waals surface area contributed by atoms with E-state index >= 15 is 0 Å². The van der Waals surface area contributed by atoms with E-state index in [1.165, 1.54) is 17.7 Å². The maximum atomic E-state index is 10.9. The number of fused-ring (bicyclic) bond motifs is 2. The standard InChI is InChI=1S/C15H20BrNO2S/c1-9(14-7-11(16)8-20-14)17-12-2-3-13(17)5-10(4-12)6-15(18)19/h7-10,12-13H,2-6H2,1H3,(H,18,19). The predicted octanol–water partition coefficient (Wildman–Crippen LogP) is 4.29. The zero-order valence-corrected chi connectivity index (χ0v) is 14.0. The molecule has 5 heteroatoms. The fraction of sp³-hybridized carbons (Fsp3) is 0.667. The third-order valence-electron chi connectivity index (χ3n) is 4.80. The average molecular weight is 358 g/mol. The Morgan fingerprint density at radius 1 is 1.50 bits per heavy atom. The van der Waals surface area contributed by atoms with Crippen molar-refractivity contribution >= 4 is 33.2 Å². The van der Waals surface area contributed by atoms with Crippen molar-refractivity contribution in [1.29, 1.82) is 0 Å². The van der Waals surface area contributed by atoms with Crippen molar-refractivity contribution in [2.75, 3.05) is 0 Å². The molecule has 0 amide bonds. The highest BCUT2D eigenvalue weighted by Crippen LogP contribution is 2.45. The highest BCUT2D eigenvalue weighted by molar-refractivity contribution is 9.10. The fourth-order valence-electron chi connectivity index (χ4n) is 4.07. The van der Waals surface area contributed by atoms with Crippen LogP contribution >= 0.6 is 27.3 Å². The Hall–Kier alpha value is -0.390. The molecule has 1 N–H and O–H groups in total. The molecule has 2 bridgehead atoms. The summed E-state index contributed by atoms with van der Waals surface area (Å²) in [5, 5.41) is 11.1. The molecule has 1 aromatic rings. The van der Waals surface area contributed by atoms with Crippen LogP contribution in [-0.2, 0) is 4.79 Å². The van der Waals surface area contributed by atoms with Gasteiger partial charge in [0.15, 0.2) is 0 Å². The van der Waals surface area contributed by atoms with Gasteiger partial charge in [0.1, 0.15) is 0 Å². The summed E-state index contributed by atoms with van der Waals surface area (Å²) in [6.45, 7) is 2.29. The lowest BCUT2D eigenvalue weighted by molar-refractivity contribution is -0.138. The summed E-state index contributed by atoms with van der Waals surface area (Å²) >= 11 is 5.35. The Balaban J connectivity index is 1.72. The number of aliphatic carboxylic acids is 1. The number of nitrogens with zero attached hydrogens (tertiary/aromatic N) is 1. The van der Waals surface area contributed by atoms with Crippen molar-refractivity contribution in [1.82, 2.24) is 4.90 Å². The molecule has 0 saturated carbocycles. The molecule has 2 aliphatic heterocycles. The summed E-state index contributed by atoms with van der Waals surface area (Å²) in [6.07, 6.45) is 4.93. The lowest BCUT2D eigenvalue weighted by Gasteiger charge is -2.42. The smallest absolute Gasteiger partial charge is 0.303 e. The Morgan fingerprint density at radius 2 is 2.15 bits per heavy atom. The van der Waals surface area contributed by atoms with Gasteiger partial charge in [0.25, 0.3) is 0 Å². The number of carbonyl (C=O) groups is 1. The van der Waals surface area contributed by atoms with E-state index in [0.29, 0.717) is 30.5 Å². The summed E-state index contributed by atoms with van der Waals surface area (Å²) < 4.78 is 1.16. The van der Waals surface area contributed by atoms with Crippen molar-refractivity contribution in [3.05, 3.63) is 20.8 Å². The summed E-state index contributed by atoms with van der Waals surface area (Å²) in [5.74, 6) is -0.262. The van der Waals surface area contributed by atoms with Gasteiger partial charge in [-0.1, -0.05) is 0 Å². The van der Waals surface area contributed by atoms with Crippen molar-refractivity contribution in [3.8, 4) is 0 Å². The van der Waals surface area contributed by atoms with Crippen LogP contribution < -0.4 is 0 Å². The van der Waals surface area contributed by atoms with E-state index < -0.39 is 5.97 Å². The summed E-state index contributed by atoms with van der Waals surface area (Å²) in [6, 6.07) is 3.83. The highest BCUT2D eigenvalue weighted by Gasteiger charge is 2.43. The van der Waals surface area contributed by atoms with Crippen LogP contribution in [0.1, 0.15) is 49.9 Å². The molecule has 3 nitrogen and oxygen atoms in total. The van der Waals surface area contributed by atoms with Gasteiger partial charge in [-0.05, 0) is 60.5 Å². The second-order valence-electron chi connectivity index (χ2n) is 6.11. The lowest BCUT2D eigenvalue weighted by Crippen LogP contribution is -2.44. The molecule has 20 heavy (non-hydrogen) atoms. The van der Waals surface area contributed by atoms with E-state index in [-0.39, 0.29) is 0 Å². The number of piperidine rings is 1. The summed E-state index contributed by atoms with van der Waals surface area (Å²) in [4.78, 5) is 15.0. The third kappa shape index (κ3) is 2.81. The monoisotopic (exact) mass is 357 g/mol. The zero-order chi connectivity index (χ0) is 14.3. The lowest BCUT2D eigenvalue weighted by atomic mass is 9.87. The summed E-state index contributed by atoms with van der Waals surface area (Å²) in [7, 11) is 0.